The van der Waals surface area contributed by atoms with E-state index < -0.39 is 58.0 Å². The van der Waals surface area contributed by atoms with E-state index in [2.05, 4.69) is 6.58 Å². The third-order valence-electron chi connectivity index (χ3n) is 4.23. The van der Waals surface area contributed by atoms with E-state index in [-0.39, 0.29) is 6.42 Å². The SMILES string of the molecule is C=CC(=O)OC1C2C3(CO)OC1(CO)CC3OS2(=O)=O. The Balaban J connectivity index is 2.10. The molecule has 5 unspecified atom stereocenters. The minimum atomic E-state index is -4.06. The van der Waals surface area contributed by atoms with Crippen LogP contribution in [0, 0.1) is 0 Å². The third kappa shape index (κ3) is 1.44. The standard InChI is InChI=1S/C11H14O8S/c1-2-7(14)17-8-9-11(5-13)6(18-20(9,15)16)3-10(8,4-12)19-11/h2,6,8-9,12-13H,1,3-5H2. The zero-order valence-electron chi connectivity index (χ0n) is 10.4. The molecule has 2 bridgehead atoms. The smallest absolute Gasteiger partial charge is 0.330 e. The molecular formula is C11H14O8S. The van der Waals surface area contributed by atoms with Crippen molar-refractivity contribution in [3.8, 4) is 0 Å². The Kier molecular flexibility index (Phi) is 2.80. The summed E-state index contributed by atoms with van der Waals surface area (Å²) in [4.78, 5) is 11.4. The largest absolute Gasteiger partial charge is 0.454 e. The quantitative estimate of drug-likeness (QED) is 0.350. The van der Waals surface area contributed by atoms with Crippen LogP contribution in [0.25, 0.3) is 0 Å². The summed E-state index contributed by atoms with van der Waals surface area (Å²) in [5.74, 6) is -0.828. The molecule has 20 heavy (non-hydrogen) atoms. The van der Waals surface area contributed by atoms with E-state index in [0.717, 1.165) is 6.08 Å². The molecule has 0 spiro atoms. The van der Waals surface area contributed by atoms with Crippen LogP contribution in [0.15, 0.2) is 12.7 Å². The monoisotopic (exact) mass is 306 g/mol. The van der Waals surface area contributed by atoms with Gasteiger partial charge in [0.15, 0.2) is 11.4 Å². The van der Waals surface area contributed by atoms with Gasteiger partial charge in [0.2, 0.25) is 0 Å². The molecule has 3 aliphatic heterocycles. The molecule has 3 saturated heterocycles. The van der Waals surface area contributed by atoms with Gasteiger partial charge < -0.3 is 19.7 Å². The molecule has 0 radical (unpaired) electrons. The molecule has 3 rings (SSSR count). The van der Waals surface area contributed by atoms with Gasteiger partial charge in [0.05, 0.1) is 13.2 Å². The molecule has 0 aromatic heterocycles. The second kappa shape index (κ2) is 4.01. The van der Waals surface area contributed by atoms with Crippen molar-refractivity contribution in [3.63, 3.8) is 0 Å². The molecule has 0 aromatic carbocycles. The second-order valence-electron chi connectivity index (χ2n) is 5.20. The van der Waals surface area contributed by atoms with Crippen LogP contribution in [0.4, 0.5) is 0 Å². The maximum absolute atomic E-state index is 12.1. The number of carbonyl (C=O) groups is 1. The van der Waals surface area contributed by atoms with Gasteiger partial charge in [-0.25, -0.2) is 4.79 Å². The summed E-state index contributed by atoms with van der Waals surface area (Å²) in [7, 11) is -4.06. The van der Waals surface area contributed by atoms with Crippen molar-refractivity contribution in [2.24, 2.45) is 0 Å². The van der Waals surface area contributed by atoms with Crippen LogP contribution in [0.5, 0.6) is 0 Å². The first kappa shape index (κ1) is 14.0. The van der Waals surface area contributed by atoms with Gasteiger partial charge in [-0.1, -0.05) is 6.58 Å². The second-order valence-corrected chi connectivity index (χ2v) is 6.89. The van der Waals surface area contributed by atoms with E-state index in [4.69, 9.17) is 13.7 Å². The average Bonchev–Trinajstić information content (AvgIpc) is 2.91. The van der Waals surface area contributed by atoms with Gasteiger partial charge in [0.1, 0.15) is 17.3 Å². The Labute approximate surface area is 115 Å². The van der Waals surface area contributed by atoms with E-state index in [9.17, 15) is 23.4 Å². The van der Waals surface area contributed by atoms with Crippen LogP contribution in [0.2, 0.25) is 0 Å². The highest BCUT2D eigenvalue weighted by molar-refractivity contribution is 7.87. The van der Waals surface area contributed by atoms with Crippen LogP contribution in [0.1, 0.15) is 6.42 Å². The number of carbonyl (C=O) groups excluding carboxylic acids is 1. The van der Waals surface area contributed by atoms with Crippen LogP contribution in [0.3, 0.4) is 0 Å². The fourth-order valence-electron chi connectivity index (χ4n) is 3.41. The topological polar surface area (TPSA) is 119 Å². The van der Waals surface area contributed by atoms with Crippen molar-refractivity contribution in [3.05, 3.63) is 12.7 Å². The first-order chi connectivity index (χ1) is 9.35. The number of rotatable bonds is 4. The number of aliphatic hydroxyl groups excluding tert-OH is 2. The molecule has 0 aliphatic carbocycles. The van der Waals surface area contributed by atoms with Crippen molar-refractivity contribution >= 4 is 16.1 Å². The van der Waals surface area contributed by atoms with Crippen molar-refractivity contribution in [1.29, 1.82) is 0 Å². The van der Waals surface area contributed by atoms with E-state index in [1.165, 1.54) is 0 Å². The summed E-state index contributed by atoms with van der Waals surface area (Å²) in [6, 6.07) is 0. The van der Waals surface area contributed by atoms with Crippen LogP contribution >= 0.6 is 0 Å². The summed E-state index contributed by atoms with van der Waals surface area (Å²) >= 11 is 0. The predicted molar refractivity (Wildman–Crippen MR) is 63.0 cm³/mol. The lowest BCUT2D eigenvalue weighted by atomic mass is 9.78. The Morgan fingerprint density at radius 3 is 2.70 bits per heavy atom. The molecule has 2 N–H and O–H groups in total. The molecule has 0 saturated carbocycles. The van der Waals surface area contributed by atoms with Gasteiger partial charge in [0, 0.05) is 12.5 Å². The number of ether oxygens (including phenoxy) is 2. The molecule has 3 fully saturated rings. The maximum atomic E-state index is 12.1. The Bertz CT molecular complexity index is 571. The van der Waals surface area contributed by atoms with Gasteiger partial charge >= 0.3 is 5.97 Å². The number of esters is 1. The number of fused-ring (bicyclic) bond motifs is 1. The fraction of sp³-hybridized carbons (Fsp3) is 0.727. The maximum Gasteiger partial charge on any atom is 0.330 e. The Morgan fingerprint density at radius 2 is 2.15 bits per heavy atom. The normalized spacial score (nSPS) is 47.4. The van der Waals surface area contributed by atoms with Crippen molar-refractivity contribution in [1.82, 2.24) is 0 Å². The molecule has 5 atom stereocenters. The summed E-state index contributed by atoms with van der Waals surface area (Å²) in [5.41, 5.74) is -2.87. The van der Waals surface area contributed by atoms with Crippen LogP contribution in [-0.2, 0) is 28.6 Å². The van der Waals surface area contributed by atoms with Gasteiger partial charge in [-0.3, -0.25) is 4.18 Å². The van der Waals surface area contributed by atoms with Gasteiger partial charge in [-0.15, -0.1) is 0 Å². The van der Waals surface area contributed by atoms with Gasteiger partial charge in [0.25, 0.3) is 10.1 Å². The summed E-state index contributed by atoms with van der Waals surface area (Å²) < 4.78 is 39.8. The highest BCUT2D eigenvalue weighted by atomic mass is 32.2. The summed E-state index contributed by atoms with van der Waals surface area (Å²) in [5, 5.41) is 17.8. The van der Waals surface area contributed by atoms with Crippen molar-refractivity contribution < 1.29 is 37.1 Å². The fourth-order valence-corrected chi connectivity index (χ4v) is 5.45. The lowest BCUT2D eigenvalue weighted by Gasteiger charge is -2.32. The number of hydrogen-bond acceptors (Lipinski definition) is 8. The molecule has 3 heterocycles. The lowest BCUT2D eigenvalue weighted by molar-refractivity contribution is -0.157. The van der Waals surface area contributed by atoms with E-state index >= 15 is 0 Å². The van der Waals surface area contributed by atoms with Crippen molar-refractivity contribution in [2.75, 3.05) is 13.2 Å². The zero-order chi connectivity index (χ0) is 14.8. The van der Waals surface area contributed by atoms with Crippen molar-refractivity contribution in [2.45, 2.75) is 35.1 Å². The molecule has 9 heteroatoms. The van der Waals surface area contributed by atoms with E-state index in [1.54, 1.807) is 0 Å². The zero-order valence-corrected chi connectivity index (χ0v) is 11.2. The molecule has 0 amide bonds. The average molecular weight is 306 g/mol. The highest BCUT2D eigenvalue weighted by Gasteiger charge is 2.81. The van der Waals surface area contributed by atoms with Crippen LogP contribution in [-0.4, -0.2) is 66.5 Å². The summed E-state index contributed by atoms with van der Waals surface area (Å²) in [6.07, 6.45) is -1.21. The number of hydrogen-bond donors (Lipinski definition) is 2. The first-order valence-electron chi connectivity index (χ1n) is 6.02. The first-order valence-corrected chi connectivity index (χ1v) is 7.49. The molecular weight excluding hydrogens is 292 g/mol. The highest BCUT2D eigenvalue weighted by Crippen LogP contribution is 2.59. The Hall–Kier alpha value is -1.00. The summed E-state index contributed by atoms with van der Waals surface area (Å²) in [6.45, 7) is 2.09. The predicted octanol–water partition coefficient (Wildman–Crippen LogP) is -1.92. The minimum absolute atomic E-state index is 0.0227. The van der Waals surface area contributed by atoms with Gasteiger partial charge in [-0.05, 0) is 0 Å². The molecule has 8 nitrogen and oxygen atoms in total. The minimum Gasteiger partial charge on any atom is -0.454 e. The molecule has 112 valence electrons. The Morgan fingerprint density at radius 1 is 1.45 bits per heavy atom. The third-order valence-corrected chi connectivity index (χ3v) is 6.00. The molecule has 3 aliphatic rings. The van der Waals surface area contributed by atoms with E-state index in [1.807, 2.05) is 0 Å². The number of aliphatic hydroxyl groups is 2. The molecule has 0 aromatic rings. The van der Waals surface area contributed by atoms with Gasteiger partial charge in [-0.2, -0.15) is 8.42 Å². The van der Waals surface area contributed by atoms with Crippen LogP contribution < -0.4 is 0 Å². The lowest BCUT2D eigenvalue weighted by Crippen LogP contribution is -2.56. The van der Waals surface area contributed by atoms with E-state index in [0.29, 0.717) is 0 Å².